The van der Waals surface area contributed by atoms with E-state index in [4.69, 9.17) is 9.05 Å². The van der Waals surface area contributed by atoms with Gasteiger partial charge in [-0.2, -0.15) is 0 Å². The van der Waals surface area contributed by atoms with E-state index in [9.17, 15) is 0 Å². The Balaban J connectivity index is 4.59. The van der Waals surface area contributed by atoms with Crippen LogP contribution in [0, 0.1) is 5.92 Å². The smallest absolute Gasteiger partial charge is 0.0995 e. The molecule has 0 N–H and O–H groups in total. The molecule has 0 bridgehead atoms. The SMILES string of the molecule is CCC=CCC=CC=CC(C=CC=CC(C)C(CCCCCC)OP)OP(P)P. The lowest BCUT2D eigenvalue weighted by atomic mass is 9.98. The van der Waals surface area contributed by atoms with Crippen molar-refractivity contribution in [3.8, 4) is 0 Å². The third-order valence-electron chi connectivity index (χ3n) is 4.40. The van der Waals surface area contributed by atoms with Crippen LogP contribution in [0.15, 0.2) is 60.8 Å². The van der Waals surface area contributed by atoms with Crippen molar-refractivity contribution in [2.45, 2.75) is 77.9 Å². The van der Waals surface area contributed by atoms with Gasteiger partial charge in [0.15, 0.2) is 0 Å². The monoisotopic (exact) mass is 474 g/mol. The van der Waals surface area contributed by atoms with Crippen LogP contribution in [-0.2, 0) is 9.05 Å². The van der Waals surface area contributed by atoms with Gasteiger partial charge in [-0.05, 0) is 19.3 Å². The van der Waals surface area contributed by atoms with Crippen molar-refractivity contribution in [1.82, 2.24) is 0 Å². The van der Waals surface area contributed by atoms with Gasteiger partial charge in [-0.1, -0.05) is 125 Å². The predicted octanol–water partition coefficient (Wildman–Crippen LogP) is 8.71. The van der Waals surface area contributed by atoms with Gasteiger partial charge in [0, 0.05) is 15.4 Å². The first-order valence-corrected chi connectivity index (χ1v) is 15.7. The first-order valence-electron chi connectivity index (χ1n) is 10.7. The molecule has 6 heteroatoms. The highest BCUT2D eigenvalue weighted by Crippen LogP contribution is 2.54. The van der Waals surface area contributed by atoms with Crippen LogP contribution in [0.25, 0.3) is 0 Å². The average Bonchev–Trinajstić information content (AvgIpc) is 2.69. The Morgan fingerprint density at radius 1 is 0.862 bits per heavy atom. The molecule has 2 nitrogen and oxygen atoms in total. The Kier molecular flexibility index (Phi) is 21.8. The minimum Gasteiger partial charge on any atom is -0.362 e. The quantitative estimate of drug-likeness (QED) is 0.0908. The van der Waals surface area contributed by atoms with Gasteiger partial charge in [0.1, 0.15) is 0 Å². The van der Waals surface area contributed by atoms with Crippen molar-refractivity contribution in [3.63, 3.8) is 0 Å². The van der Waals surface area contributed by atoms with Crippen LogP contribution in [0.3, 0.4) is 0 Å². The maximum atomic E-state index is 5.95. The number of hydrogen-bond donors (Lipinski definition) is 0. The van der Waals surface area contributed by atoms with E-state index < -0.39 is 7.53 Å². The van der Waals surface area contributed by atoms with E-state index in [0.717, 1.165) is 19.3 Å². The van der Waals surface area contributed by atoms with Crippen LogP contribution in [0.4, 0.5) is 0 Å². The largest absolute Gasteiger partial charge is 0.362 e. The van der Waals surface area contributed by atoms with E-state index in [1.807, 2.05) is 0 Å². The molecule has 0 spiro atoms. The van der Waals surface area contributed by atoms with Crippen molar-refractivity contribution in [2.75, 3.05) is 0 Å². The molecule has 166 valence electrons. The van der Waals surface area contributed by atoms with Gasteiger partial charge >= 0.3 is 0 Å². The second-order valence-corrected chi connectivity index (χ2v) is 13.1. The number of allylic oxidation sites excluding steroid dienone is 7. The molecule has 0 saturated carbocycles. The molecule has 29 heavy (non-hydrogen) atoms. The number of rotatable bonds is 17. The van der Waals surface area contributed by atoms with Crippen LogP contribution in [-0.4, -0.2) is 12.2 Å². The summed E-state index contributed by atoms with van der Waals surface area (Å²) < 4.78 is 11.6. The molecular weight excluding hydrogens is 432 g/mol. The zero-order valence-electron chi connectivity index (χ0n) is 18.5. The summed E-state index contributed by atoms with van der Waals surface area (Å²) in [5.74, 6) is 0.383. The summed E-state index contributed by atoms with van der Waals surface area (Å²) >= 11 is 0. The first kappa shape index (κ1) is 29.3. The third kappa shape index (κ3) is 18.8. The summed E-state index contributed by atoms with van der Waals surface area (Å²) in [4.78, 5) is 0. The Hall–Kier alpha value is 0.340. The number of hydrogen-bond acceptors (Lipinski definition) is 2. The standard InChI is InChI=1S/C23H42O2P4/c1-4-6-8-10-11-12-13-18-22(25-29(27)28)19-16-15-17-21(3)23(24-26)20-14-9-7-5-2/h6,8,11-13,15-19,21-23H,4-5,7,9-10,14,20,26-28H2,1-3H3. The summed E-state index contributed by atoms with van der Waals surface area (Å²) in [7, 11) is 7.29. The third-order valence-corrected chi connectivity index (χ3v) is 5.96. The van der Waals surface area contributed by atoms with E-state index >= 15 is 0 Å². The van der Waals surface area contributed by atoms with Crippen LogP contribution in [0.5, 0.6) is 0 Å². The van der Waals surface area contributed by atoms with Crippen LogP contribution in [0.2, 0.25) is 0 Å². The van der Waals surface area contributed by atoms with Crippen molar-refractivity contribution in [1.29, 1.82) is 0 Å². The zero-order valence-corrected chi connectivity index (χ0v) is 22.8. The first-order chi connectivity index (χ1) is 14.0. The van der Waals surface area contributed by atoms with Crippen molar-refractivity contribution in [3.05, 3.63) is 60.8 Å². The Morgan fingerprint density at radius 2 is 1.55 bits per heavy atom. The maximum Gasteiger partial charge on any atom is 0.0995 e. The molecule has 0 aliphatic carbocycles. The fourth-order valence-corrected chi connectivity index (χ4v) is 4.36. The lowest BCUT2D eigenvalue weighted by Gasteiger charge is -2.19. The summed E-state index contributed by atoms with van der Waals surface area (Å²) in [6, 6.07) is 0. The molecule has 6 unspecified atom stereocenters. The normalized spacial score (nSPS) is 16.4. The van der Waals surface area contributed by atoms with Crippen molar-refractivity contribution >= 4 is 34.8 Å². The van der Waals surface area contributed by atoms with Gasteiger partial charge in [0.2, 0.25) is 0 Å². The molecule has 6 atom stereocenters. The van der Waals surface area contributed by atoms with E-state index in [1.165, 1.54) is 25.7 Å². The lowest BCUT2D eigenvalue weighted by molar-refractivity contribution is 0.180. The lowest BCUT2D eigenvalue weighted by Crippen LogP contribution is -2.16. The molecule has 0 heterocycles. The van der Waals surface area contributed by atoms with Crippen LogP contribution in [0.1, 0.15) is 65.7 Å². The fraction of sp³-hybridized carbons (Fsp3) is 0.565. The topological polar surface area (TPSA) is 18.5 Å². The van der Waals surface area contributed by atoms with Gasteiger partial charge in [0.05, 0.1) is 19.7 Å². The average molecular weight is 474 g/mol. The van der Waals surface area contributed by atoms with Gasteiger partial charge < -0.3 is 9.05 Å². The van der Waals surface area contributed by atoms with Gasteiger partial charge in [-0.25, -0.2) is 0 Å². The second kappa shape index (κ2) is 21.6. The van der Waals surface area contributed by atoms with Crippen LogP contribution < -0.4 is 0 Å². The number of unbranched alkanes of at least 4 members (excludes halogenated alkanes) is 3. The van der Waals surface area contributed by atoms with E-state index in [-0.39, 0.29) is 12.2 Å². The van der Waals surface area contributed by atoms with E-state index in [1.54, 1.807) is 0 Å². The molecule has 0 amide bonds. The van der Waals surface area contributed by atoms with Crippen LogP contribution >= 0.6 is 34.8 Å². The summed E-state index contributed by atoms with van der Waals surface area (Å²) in [6.07, 6.45) is 29.7. The molecule has 0 rings (SSSR count). The molecule has 0 aromatic rings. The van der Waals surface area contributed by atoms with Crippen molar-refractivity contribution in [2.24, 2.45) is 5.92 Å². The van der Waals surface area contributed by atoms with Gasteiger partial charge in [-0.15, -0.1) is 0 Å². The Labute approximate surface area is 188 Å². The maximum absolute atomic E-state index is 5.95. The molecule has 0 aliphatic rings. The molecule has 0 saturated heterocycles. The summed E-state index contributed by atoms with van der Waals surface area (Å²) in [5, 5.41) is 0. The molecule has 0 aliphatic heterocycles. The minimum absolute atomic E-state index is 0.0327. The molecule has 0 aromatic carbocycles. The van der Waals surface area contributed by atoms with Crippen molar-refractivity contribution < 1.29 is 9.05 Å². The Bertz CT molecular complexity index is 513. The second-order valence-electron chi connectivity index (χ2n) is 7.01. The fourth-order valence-electron chi connectivity index (χ4n) is 2.71. The highest BCUT2D eigenvalue weighted by atomic mass is 32.4. The minimum atomic E-state index is -0.580. The molecular formula is C23H42O2P4. The predicted molar refractivity (Wildman–Crippen MR) is 144 cm³/mol. The zero-order chi connectivity index (χ0) is 21.7. The summed E-state index contributed by atoms with van der Waals surface area (Å²) in [6.45, 7) is 6.61. The van der Waals surface area contributed by atoms with E-state index in [0.29, 0.717) is 5.92 Å². The van der Waals surface area contributed by atoms with Gasteiger partial charge in [0.25, 0.3) is 0 Å². The molecule has 0 radical (unpaired) electrons. The molecule has 0 aromatic heterocycles. The highest BCUT2D eigenvalue weighted by molar-refractivity contribution is 8.41. The van der Waals surface area contributed by atoms with E-state index in [2.05, 4.69) is 109 Å². The highest BCUT2D eigenvalue weighted by Gasteiger charge is 2.13. The summed E-state index contributed by atoms with van der Waals surface area (Å²) in [5.41, 5.74) is 0. The molecule has 0 fully saturated rings. The Morgan fingerprint density at radius 3 is 2.17 bits per heavy atom. The van der Waals surface area contributed by atoms with Gasteiger partial charge in [-0.3, -0.25) is 0 Å².